The Morgan fingerprint density at radius 1 is 0.935 bits per heavy atom. The third-order valence-electron chi connectivity index (χ3n) is 5.31. The molecule has 0 aliphatic carbocycles. The number of carbonyl (C=O) groups is 1. The Bertz CT molecular complexity index is 1130. The highest BCUT2D eigenvalue weighted by Gasteiger charge is 2.23. The van der Waals surface area contributed by atoms with Gasteiger partial charge in [-0.2, -0.15) is 4.31 Å². The van der Waals surface area contributed by atoms with Gasteiger partial charge in [-0.15, -0.1) is 0 Å². The van der Waals surface area contributed by atoms with Crippen LogP contribution >= 0.6 is 0 Å². The van der Waals surface area contributed by atoms with Crippen molar-refractivity contribution in [3.63, 3.8) is 0 Å². The summed E-state index contributed by atoms with van der Waals surface area (Å²) in [6.45, 7) is 6.40. The first-order chi connectivity index (χ1) is 14.8. The van der Waals surface area contributed by atoms with Crippen molar-refractivity contribution in [2.45, 2.75) is 38.3 Å². The van der Waals surface area contributed by atoms with Crippen molar-refractivity contribution in [3.8, 4) is 0 Å². The van der Waals surface area contributed by atoms with Crippen molar-refractivity contribution in [1.82, 2.24) is 9.62 Å². The highest BCUT2D eigenvalue weighted by molar-refractivity contribution is 7.89. The third-order valence-corrected chi connectivity index (χ3v) is 7.25. The van der Waals surface area contributed by atoms with E-state index < -0.39 is 10.0 Å². The van der Waals surface area contributed by atoms with Gasteiger partial charge in [-0.25, -0.2) is 8.42 Å². The zero-order chi connectivity index (χ0) is 22.4. The second-order valence-electron chi connectivity index (χ2n) is 7.49. The molecule has 6 heteroatoms. The molecule has 1 atom stereocenters. The van der Waals surface area contributed by atoms with Crippen LogP contribution < -0.4 is 5.32 Å². The predicted octanol–water partition coefficient (Wildman–Crippen LogP) is 4.70. The topological polar surface area (TPSA) is 66.5 Å². The monoisotopic (exact) mass is 436 g/mol. The molecule has 5 nitrogen and oxygen atoms in total. The average molecular weight is 437 g/mol. The van der Waals surface area contributed by atoms with E-state index in [1.165, 1.54) is 4.31 Å². The number of benzene rings is 3. The molecule has 162 valence electrons. The number of nitrogens with zero attached hydrogens (tertiary/aromatic N) is 1. The van der Waals surface area contributed by atoms with Gasteiger partial charge in [0.15, 0.2) is 0 Å². The van der Waals surface area contributed by atoms with Crippen LogP contribution in [0.4, 0.5) is 0 Å². The Hall–Kier alpha value is -2.96. The van der Waals surface area contributed by atoms with E-state index in [0.29, 0.717) is 12.1 Å². The maximum Gasteiger partial charge on any atom is 0.251 e. The molecule has 0 spiro atoms. The summed E-state index contributed by atoms with van der Waals surface area (Å²) in [6, 6.07) is 23.3. The first-order valence-corrected chi connectivity index (χ1v) is 11.8. The summed E-state index contributed by atoms with van der Waals surface area (Å²) in [5.74, 6) is -0.161. The van der Waals surface area contributed by atoms with Crippen LogP contribution in [0.15, 0.2) is 83.8 Å². The molecule has 3 aromatic carbocycles. The van der Waals surface area contributed by atoms with Gasteiger partial charge < -0.3 is 5.32 Å². The fourth-order valence-corrected chi connectivity index (χ4v) is 4.96. The molecule has 0 radical (unpaired) electrons. The molecule has 0 bridgehead atoms. The molecule has 1 unspecified atom stereocenters. The van der Waals surface area contributed by atoms with Crippen molar-refractivity contribution in [1.29, 1.82) is 0 Å². The standard InChI is InChI=1S/C25H28N2O3S/c1-4-27(31(29,30)23-11-6-5-7-12-23)18-21-14-16-22(17-15-21)25(28)26-20(3)24-13-9-8-10-19(24)2/h5-17,20H,4,18H2,1-3H3,(H,26,28). The molecule has 0 fully saturated rings. The molecule has 0 aromatic heterocycles. The van der Waals surface area contributed by atoms with E-state index in [-0.39, 0.29) is 23.4 Å². The first kappa shape index (κ1) is 22.7. The van der Waals surface area contributed by atoms with Crippen LogP contribution in [0, 0.1) is 6.92 Å². The lowest BCUT2D eigenvalue weighted by molar-refractivity contribution is 0.0940. The second-order valence-corrected chi connectivity index (χ2v) is 9.43. The van der Waals surface area contributed by atoms with Crippen LogP contribution in [0.3, 0.4) is 0 Å². The van der Waals surface area contributed by atoms with Gasteiger partial charge in [-0.3, -0.25) is 4.79 Å². The highest BCUT2D eigenvalue weighted by atomic mass is 32.2. The maximum absolute atomic E-state index is 12.9. The van der Waals surface area contributed by atoms with E-state index in [1.54, 1.807) is 54.6 Å². The summed E-state index contributed by atoms with van der Waals surface area (Å²) in [7, 11) is -3.57. The highest BCUT2D eigenvalue weighted by Crippen LogP contribution is 2.19. The number of rotatable bonds is 8. The zero-order valence-electron chi connectivity index (χ0n) is 18.1. The van der Waals surface area contributed by atoms with Crippen molar-refractivity contribution < 1.29 is 13.2 Å². The van der Waals surface area contributed by atoms with Crippen LogP contribution in [0.2, 0.25) is 0 Å². The fourth-order valence-electron chi connectivity index (χ4n) is 3.50. The van der Waals surface area contributed by atoms with E-state index >= 15 is 0 Å². The number of nitrogens with one attached hydrogen (secondary N) is 1. The van der Waals surface area contributed by atoms with Gasteiger partial charge >= 0.3 is 0 Å². The quantitative estimate of drug-likeness (QED) is 0.557. The van der Waals surface area contributed by atoms with Gasteiger partial charge in [0.05, 0.1) is 10.9 Å². The van der Waals surface area contributed by atoms with Crippen molar-refractivity contribution in [2.75, 3.05) is 6.54 Å². The third kappa shape index (κ3) is 5.40. The van der Waals surface area contributed by atoms with Gasteiger partial charge in [0, 0.05) is 18.7 Å². The second kappa shape index (κ2) is 9.90. The number of amides is 1. The predicted molar refractivity (Wildman–Crippen MR) is 123 cm³/mol. The Kier molecular flexibility index (Phi) is 7.25. The zero-order valence-corrected chi connectivity index (χ0v) is 18.9. The SMILES string of the molecule is CCN(Cc1ccc(C(=O)NC(C)c2ccccc2C)cc1)S(=O)(=O)c1ccccc1. The molecule has 31 heavy (non-hydrogen) atoms. The minimum Gasteiger partial charge on any atom is -0.346 e. The van der Waals surface area contributed by atoms with E-state index in [2.05, 4.69) is 5.32 Å². The Balaban J connectivity index is 1.69. The maximum atomic E-state index is 12.9. The Morgan fingerprint density at radius 3 is 2.16 bits per heavy atom. The van der Waals surface area contributed by atoms with Crippen molar-refractivity contribution >= 4 is 15.9 Å². The van der Waals surface area contributed by atoms with Crippen LogP contribution in [-0.2, 0) is 16.6 Å². The summed E-state index contributed by atoms with van der Waals surface area (Å²) < 4.78 is 27.2. The summed E-state index contributed by atoms with van der Waals surface area (Å²) in [5.41, 5.74) is 3.57. The number of hydrogen-bond donors (Lipinski definition) is 1. The lowest BCUT2D eigenvalue weighted by Gasteiger charge is -2.21. The van der Waals surface area contributed by atoms with E-state index in [0.717, 1.165) is 16.7 Å². The van der Waals surface area contributed by atoms with Gasteiger partial charge in [0.25, 0.3) is 5.91 Å². The van der Waals surface area contributed by atoms with Gasteiger partial charge in [-0.05, 0) is 54.8 Å². The molecule has 0 aliphatic rings. The molecule has 1 N–H and O–H groups in total. The van der Waals surface area contributed by atoms with Crippen molar-refractivity contribution in [3.05, 3.63) is 101 Å². The Morgan fingerprint density at radius 2 is 1.55 bits per heavy atom. The summed E-state index contributed by atoms with van der Waals surface area (Å²) in [4.78, 5) is 12.9. The molecular weight excluding hydrogens is 408 g/mol. The van der Waals surface area contributed by atoms with E-state index in [1.807, 2.05) is 45.0 Å². The number of hydrogen-bond acceptors (Lipinski definition) is 3. The summed E-state index contributed by atoms with van der Waals surface area (Å²) in [5, 5.41) is 3.03. The fraction of sp³-hybridized carbons (Fsp3) is 0.240. The molecule has 0 aliphatic heterocycles. The number of sulfonamides is 1. The number of carbonyl (C=O) groups excluding carboxylic acids is 1. The molecule has 0 saturated heterocycles. The smallest absolute Gasteiger partial charge is 0.251 e. The number of aryl methyl sites for hydroxylation is 1. The lowest BCUT2D eigenvalue weighted by Crippen LogP contribution is -2.30. The van der Waals surface area contributed by atoms with Gasteiger partial charge in [0.2, 0.25) is 10.0 Å². The van der Waals surface area contributed by atoms with E-state index in [9.17, 15) is 13.2 Å². The van der Waals surface area contributed by atoms with E-state index in [4.69, 9.17) is 0 Å². The molecule has 3 rings (SSSR count). The van der Waals surface area contributed by atoms with Crippen LogP contribution in [0.5, 0.6) is 0 Å². The van der Waals surface area contributed by atoms with Crippen LogP contribution in [0.25, 0.3) is 0 Å². The molecule has 3 aromatic rings. The summed E-state index contributed by atoms with van der Waals surface area (Å²) >= 11 is 0. The summed E-state index contributed by atoms with van der Waals surface area (Å²) in [6.07, 6.45) is 0. The normalized spacial score (nSPS) is 12.5. The molecular formula is C25H28N2O3S. The molecule has 1 amide bonds. The average Bonchev–Trinajstić information content (AvgIpc) is 2.78. The lowest BCUT2D eigenvalue weighted by atomic mass is 10.0. The first-order valence-electron chi connectivity index (χ1n) is 10.3. The largest absolute Gasteiger partial charge is 0.346 e. The Labute approximate surface area is 184 Å². The van der Waals surface area contributed by atoms with Crippen molar-refractivity contribution in [2.24, 2.45) is 0 Å². The van der Waals surface area contributed by atoms with Crippen LogP contribution in [0.1, 0.15) is 46.9 Å². The van der Waals surface area contributed by atoms with Gasteiger partial charge in [0.1, 0.15) is 0 Å². The molecule has 0 heterocycles. The minimum absolute atomic E-state index is 0.111. The van der Waals surface area contributed by atoms with Gasteiger partial charge in [-0.1, -0.05) is 61.5 Å². The van der Waals surface area contributed by atoms with Crippen LogP contribution in [-0.4, -0.2) is 25.2 Å². The minimum atomic E-state index is -3.57. The molecule has 0 saturated carbocycles.